The van der Waals surface area contributed by atoms with Crippen LogP contribution in [0.5, 0.6) is 11.5 Å². The molecule has 0 spiro atoms. The highest BCUT2D eigenvalue weighted by Crippen LogP contribution is 2.46. The number of rotatable bonds is 12. The first-order valence-electron chi connectivity index (χ1n) is 11.6. The average Bonchev–Trinajstić information content (AvgIpc) is 2.68. The van der Waals surface area contributed by atoms with Gasteiger partial charge in [-0.15, -0.1) is 0 Å². The van der Waals surface area contributed by atoms with Crippen LogP contribution < -0.4 is 15.3 Å². The van der Waals surface area contributed by atoms with Gasteiger partial charge < -0.3 is 22.8 Å². The molecule has 33 heavy (non-hydrogen) atoms. The van der Waals surface area contributed by atoms with Crippen LogP contribution in [-0.4, -0.2) is 24.4 Å². The van der Waals surface area contributed by atoms with Crippen molar-refractivity contribution < 1.29 is 22.8 Å². The van der Waals surface area contributed by atoms with Crippen LogP contribution in [0.2, 0.25) is 0 Å². The van der Waals surface area contributed by atoms with E-state index >= 15 is 0 Å². The van der Waals surface area contributed by atoms with Crippen molar-refractivity contribution in [2.75, 3.05) is 0 Å². The van der Waals surface area contributed by atoms with E-state index in [-0.39, 0.29) is 24.4 Å². The van der Waals surface area contributed by atoms with E-state index in [2.05, 4.69) is 26.0 Å². The average molecular weight is 495 g/mol. The van der Waals surface area contributed by atoms with Gasteiger partial charge in [0, 0.05) is 0 Å². The molecule has 7 heteroatoms. The predicted octanol–water partition coefficient (Wildman–Crippen LogP) is 7.67. The van der Waals surface area contributed by atoms with E-state index in [0.29, 0.717) is 0 Å². The highest BCUT2D eigenvalue weighted by molar-refractivity contribution is 7.56. The minimum Gasteiger partial charge on any atom is -0.456 e. The van der Waals surface area contributed by atoms with E-state index in [4.69, 9.17) is 22.8 Å². The Labute approximate surface area is 203 Å². The van der Waals surface area contributed by atoms with Crippen LogP contribution in [0.3, 0.4) is 0 Å². The van der Waals surface area contributed by atoms with Crippen LogP contribution in [0.25, 0.3) is 0 Å². The fraction of sp³-hybridized carbons (Fsp3) is 0.538. The first-order valence-corrected chi connectivity index (χ1v) is 14.0. The van der Waals surface area contributed by atoms with Crippen molar-refractivity contribution in [2.45, 2.75) is 93.7 Å². The molecule has 0 N–H and O–H groups in total. The molecule has 184 valence electrons. The van der Waals surface area contributed by atoms with Crippen molar-refractivity contribution in [3.8, 4) is 11.5 Å². The lowest BCUT2D eigenvalue weighted by Crippen LogP contribution is -2.18. The molecule has 0 saturated heterocycles. The molecule has 2 aromatic carbocycles. The van der Waals surface area contributed by atoms with Gasteiger partial charge in [0.2, 0.25) is 16.8 Å². The Bertz CT molecular complexity index is 791. The highest BCUT2D eigenvalue weighted by atomic mass is 31.2. The molecule has 0 heterocycles. The standard InChI is InChI=1S/C26H40O5P2/c1-17(2)28-32(29-18(3)4)25-15-21(9)11-13-23(25)27-24-14-12-22(10)16-26(24)33(30-19(5)6)31-20(7)8/h11-20H,1-10H3. The maximum Gasteiger partial charge on any atom is 0.209 e. The lowest BCUT2D eigenvalue weighted by molar-refractivity contribution is 0.183. The van der Waals surface area contributed by atoms with Crippen LogP contribution in [0, 0.1) is 13.8 Å². The minimum absolute atomic E-state index is 0.0323. The molecule has 0 unspecified atom stereocenters. The van der Waals surface area contributed by atoms with Crippen LogP contribution in [-0.2, 0) is 18.1 Å². The Morgan fingerprint density at radius 2 is 0.818 bits per heavy atom. The van der Waals surface area contributed by atoms with E-state index in [0.717, 1.165) is 33.2 Å². The Balaban J connectivity index is 2.52. The van der Waals surface area contributed by atoms with Gasteiger partial charge in [-0.25, -0.2) is 0 Å². The molecule has 2 rings (SSSR count). The fourth-order valence-corrected chi connectivity index (χ4v) is 6.18. The number of benzene rings is 2. The molecule has 0 radical (unpaired) electrons. The monoisotopic (exact) mass is 494 g/mol. The molecule has 0 aliphatic carbocycles. The third-order valence-electron chi connectivity index (χ3n) is 4.07. The topological polar surface area (TPSA) is 46.2 Å². The van der Waals surface area contributed by atoms with Gasteiger partial charge in [0.25, 0.3) is 0 Å². The Kier molecular flexibility index (Phi) is 11.2. The van der Waals surface area contributed by atoms with Gasteiger partial charge >= 0.3 is 0 Å². The SMILES string of the molecule is Cc1ccc(Oc2ccc(C)cc2P(OC(C)C)OC(C)C)c(P(OC(C)C)OC(C)C)c1. The van der Waals surface area contributed by atoms with E-state index in [1.165, 1.54) is 0 Å². The van der Waals surface area contributed by atoms with Gasteiger partial charge in [0.1, 0.15) is 11.5 Å². The van der Waals surface area contributed by atoms with E-state index in [1.54, 1.807) is 0 Å². The number of aryl methyl sites for hydroxylation is 2. The molecule has 0 atom stereocenters. The maximum atomic E-state index is 6.55. The van der Waals surface area contributed by atoms with Gasteiger partial charge in [-0.2, -0.15) is 0 Å². The molecule has 0 aliphatic rings. The second kappa shape index (κ2) is 13.1. The molecule has 0 aromatic heterocycles. The van der Waals surface area contributed by atoms with Crippen LogP contribution in [0.1, 0.15) is 66.5 Å². The first kappa shape index (κ1) is 28.2. The van der Waals surface area contributed by atoms with Crippen molar-refractivity contribution in [3.05, 3.63) is 47.5 Å². The summed E-state index contributed by atoms with van der Waals surface area (Å²) in [5.41, 5.74) is 2.25. The summed E-state index contributed by atoms with van der Waals surface area (Å²) in [6.45, 7) is 20.3. The van der Waals surface area contributed by atoms with Crippen molar-refractivity contribution in [1.82, 2.24) is 0 Å². The smallest absolute Gasteiger partial charge is 0.209 e. The second-order valence-electron chi connectivity index (χ2n) is 9.18. The highest BCUT2D eigenvalue weighted by Gasteiger charge is 2.26. The Morgan fingerprint density at radius 3 is 1.09 bits per heavy atom. The number of hydrogen-bond acceptors (Lipinski definition) is 5. The Morgan fingerprint density at radius 1 is 0.515 bits per heavy atom. The summed E-state index contributed by atoms with van der Waals surface area (Å²) in [6.07, 6.45) is 0.129. The minimum atomic E-state index is -1.31. The molecule has 0 saturated carbocycles. The van der Waals surface area contributed by atoms with Crippen molar-refractivity contribution in [2.24, 2.45) is 0 Å². The second-order valence-corrected chi connectivity index (χ2v) is 12.0. The van der Waals surface area contributed by atoms with Crippen molar-refractivity contribution in [1.29, 1.82) is 0 Å². The fourth-order valence-electron chi connectivity index (χ4n) is 2.87. The summed E-state index contributed by atoms with van der Waals surface area (Å²) in [6, 6.07) is 12.3. The zero-order chi connectivity index (χ0) is 24.7. The third kappa shape index (κ3) is 9.25. The maximum absolute atomic E-state index is 6.55. The third-order valence-corrected chi connectivity index (χ3v) is 8.01. The van der Waals surface area contributed by atoms with Gasteiger partial charge in [0.15, 0.2) is 0 Å². The van der Waals surface area contributed by atoms with Gasteiger partial charge in [-0.05, 0) is 93.5 Å². The molecular formula is C26H40O5P2. The lowest BCUT2D eigenvalue weighted by atomic mass is 10.2. The summed E-state index contributed by atoms with van der Waals surface area (Å²) in [7, 11) is -2.62. The van der Waals surface area contributed by atoms with E-state index < -0.39 is 16.8 Å². The van der Waals surface area contributed by atoms with Crippen molar-refractivity contribution >= 4 is 27.4 Å². The predicted molar refractivity (Wildman–Crippen MR) is 140 cm³/mol. The van der Waals surface area contributed by atoms with Crippen LogP contribution in [0.15, 0.2) is 36.4 Å². The number of ether oxygens (including phenoxy) is 1. The quantitative estimate of drug-likeness (QED) is 0.283. The zero-order valence-corrected chi connectivity index (χ0v) is 23.5. The number of hydrogen-bond donors (Lipinski definition) is 0. The van der Waals surface area contributed by atoms with Gasteiger partial charge in [-0.1, -0.05) is 23.3 Å². The molecule has 0 fully saturated rings. The normalized spacial score (nSPS) is 12.2. The molecule has 0 amide bonds. The summed E-state index contributed by atoms with van der Waals surface area (Å²) in [5, 5.41) is 1.86. The van der Waals surface area contributed by atoms with Crippen LogP contribution in [0.4, 0.5) is 0 Å². The zero-order valence-electron chi connectivity index (χ0n) is 21.7. The summed E-state index contributed by atoms with van der Waals surface area (Å²) in [4.78, 5) is 0. The summed E-state index contributed by atoms with van der Waals surface area (Å²) < 4.78 is 31.4. The molecule has 0 aliphatic heterocycles. The van der Waals surface area contributed by atoms with Crippen LogP contribution >= 0.6 is 16.8 Å². The van der Waals surface area contributed by atoms with Gasteiger partial charge in [-0.3, -0.25) is 0 Å². The lowest BCUT2D eigenvalue weighted by Gasteiger charge is -2.26. The van der Waals surface area contributed by atoms with E-state index in [1.807, 2.05) is 79.7 Å². The molecule has 2 aromatic rings. The molecule has 0 bridgehead atoms. The molecular weight excluding hydrogens is 454 g/mol. The molecule has 5 nitrogen and oxygen atoms in total. The van der Waals surface area contributed by atoms with Gasteiger partial charge in [0.05, 0.1) is 35.0 Å². The van der Waals surface area contributed by atoms with E-state index in [9.17, 15) is 0 Å². The largest absolute Gasteiger partial charge is 0.456 e. The van der Waals surface area contributed by atoms with Crippen molar-refractivity contribution in [3.63, 3.8) is 0 Å². The summed E-state index contributed by atoms with van der Waals surface area (Å²) >= 11 is 0. The Hall–Kier alpha value is -1.06. The first-order chi connectivity index (χ1) is 15.5. The summed E-state index contributed by atoms with van der Waals surface area (Å²) in [5.74, 6) is 1.45.